The number of methoxy groups -OCH3 is 2. The minimum Gasteiger partial charge on any atom is -0.497 e. The Morgan fingerprint density at radius 1 is 0.914 bits per heavy atom. The van der Waals surface area contributed by atoms with Gasteiger partial charge in [0.05, 0.1) is 19.9 Å². The SMILES string of the molecule is COc1ccc(N2C(=O)C(Cl)=C(Nc3ccc(C(=O)NCc4ccccc4)cc3)C2=O)c(OC)c1. The molecule has 0 aliphatic carbocycles. The second kappa shape index (κ2) is 10.3. The number of amides is 3. The Morgan fingerprint density at radius 3 is 2.29 bits per heavy atom. The van der Waals surface area contributed by atoms with Crippen molar-refractivity contribution in [2.45, 2.75) is 6.54 Å². The zero-order chi connectivity index (χ0) is 24.9. The van der Waals surface area contributed by atoms with Gasteiger partial charge in [-0.15, -0.1) is 0 Å². The van der Waals surface area contributed by atoms with E-state index in [1.54, 1.807) is 42.5 Å². The summed E-state index contributed by atoms with van der Waals surface area (Å²) in [6.45, 7) is 0.406. The molecular formula is C26H22ClN3O5. The topological polar surface area (TPSA) is 97.0 Å². The molecule has 0 spiro atoms. The zero-order valence-electron chi connectivity index (χ0n) is 19.0. The molecule has 0 atom stereocenters. The quantitative estimate of drug-likeness (QED) is 0.461. The van der Waals surface area contributed by atoms with E-state index in [4.69, 9.17) is 21.1 Å². The van der Waals surface area contributed by atoms with Gasteiger partial charge in [-0.25, -0.2) is 4.90 Å². The fourth-order valence-corrected chi connectivity index (χ4v) is 3.74. The van der Waals surface area contributed by atoms with Gasteiger partial charge in [0.2, 0.25) is 0 Å². The lowest BCUT2D eigenvalue weighted by molar-refractivity contribution is -0.120. The minimum absolute atomic E-state index is 0.0733. The van der Waals surface area contributed by atoms with Crippen LogP contribution >= 0.6 is 11.6 Å². The normalized spacial score (nSPS) is 13.2. The van der Waals surface area contributed by atoms with Crippen molar-refractivity contribution in [1.29, 1.82) is 0 Å². The van der Waals surface area contributed by atoms with Crippen LogP contribution < -0.4 is 25.0 Å². The van der Waals surface area contributed by atoms with Gasteiger partial charge < -0.3 is 20.1 Å². The van der Waals surface area contributed by atoms with Gasteiger partial charge in [0.15, 0.2) is 0 Å². The fraction of sp³-hybridized carbons (Fsp3) is 0.115. The Balaban J connectivity index is 1.47. The summed E-state index contributed by atoms with van der Waals surface area (Å²) in [5.41, 5.74) is 2.09. The number of nitrogens with one attached hydrogen (secondary N) is 2. The van der Waals surface area contributed by atoms with Gasteiger partial charge in [0, 0.05) is 23.9 Å². The molecule has 4 rings (SSSR count). The van der Waals surface area contributed by atoms with E-state index in [9.17, 15) is 14.4 Å². The van der Waals surface area contributed by atoms with Gasteiger partial charge in [-0.05, 0) is 42.0 Å². The molecule has 3 aromatic rings. The summed E-state index contributed by atoms with van der Waals surface area (Å²) in [5.74, 6) is -0.757. The number of benzene rings is 3. The van der Waals surface area contributed by atoms with Crippen molar-refractivity contribution in [3.8, 4) is 11.5 Å². The maximum Gasteiger partial charge on any atom is 0.283 e. The van der Waals surface area contributed by atoms with Gasteiger partial charge in [-0.3, -0.25) is 14.4 Å². The van der Waals surface area contributed by atoms with Crippen LogP contribution in [0.1, 0.15) is 15.9 Å². The average Bonchev–Trinajstić information content (AvgIpc) is 3.10. The van der Waals surface area contributed by atoms with E-state index in [1.165, 1.54) is 14.2 Å². The molecular weight excluding hydrogens is 470 g/mol. The zero-order valence-corrected chi connectivity index (χ0v) is 19.8. The summed E-state index contributed by atoms with van der Waals surface area (Å²) in [4.78, 5) is 39.3. The number of nitrogens with zero attached hydrogens (tertiary/aromatic N) is 1. The second-order valence-electron chi connectivity index (χ2n) is 7.54. The Bertz CT molecular complexity index is 1310. The largest absolute Gasteiger partial charge is 0.497 e. The number of ether oxygens (including phenoxy) is 2. The lowest BCUT2D eigenvalue weighted by atomic mass is 10.1. The molecule has 1 aliphatic rings. The van der Waals surface area contributed by atoms with Crippen molar-refractivity contribution >= 4 is 40.7 Å². The van der Waals surface area contributed by atoms with E-state index < -0.39 is 11.8 Å². The highest BCUT2D eigenvalue weighted by atomic mass is 35.5. The molecule has 3 amide bonds. The maximum absolute atomic E-state index is 13.1. The molecule has 8 nitrogen and oxygen atoms in total. The molecule has 178 valence electrons. The molecule has 0 saturated heterocycles. The first-order chi connectivity index (χ1) is 16.9. The lowest BCUT2D eigenvalue weighted by Gasteiger charge is -2.18. The monoisotopic (exact) mass is 491 g/mol. The van der Waals surface area contributed by atoms with Crippen molar-refractivity contribution in [3.63, 3.8) is 0 Å². The molecule has 2 N–H and O–H groups in total. The number of halogens is 1. The van der Waals surface area contributed by atoms with Crippen LogP contribution in [0.2, 0.25) is 0 Å². The smallest absolute Gasteiger partial charge is 0.283 e. The Labute approximate surface area is 207 Å². The third kappa shape index (κ3) is 4.97. The van der Waals surface area contributed by atoms with Crippen molar-refractivity contribution in [2.24, 2.45) is 0 Å². The molecule has 0 aromatic heterocycles. The maximum atomic E-state index is 13.1. The summed E-state index contributed by atoms with van der Waals surface area (Å²) in [6.07, 6.45) is 0. The Kier molecular flexibility index (Phi) is 7.03. The first-order valence-electron chi connectivity index (χ1n) is 10.6. The number of rotatable bonds is 8. The third-order valence-electron chi connectivity index (χ3n) is 5.37. The van der Waals surface area contributed by atoms with E-state index in [1.807, 2.05) is 30.3 Å². The van der Waals surface area contributed by atoms with Crippen LogP contribution in [0.5, 0.6) is 11.5 Å². The standard InChI is InChI=1S/C26H22ClN3O5/c1-34-19-12-13-20(21(14-19)35-2)30-25(32)22(27)23(26(30)33)29-18-10-8-17(9-11-18)24(31)28-15-16-6-4-3-5-7-16/h3-14,29H,15H2,1-2H3,(H,28,31). The van der Waals surface area contributed by atoms with Crippen molar-refractivity contribution in [2.75, 3.05) is 24.4 Å². The molecule has 0 unspecified atom stereocenters. The molecule has 9 heteroatoms. The summed E-state index contributed by atoms with van der Waals surface area (Å²) in [5, 5.41) is 5.50. The van der Waals surface area contributed by atoms with Gasteiger partial charge >= 0.3 is 0 Å². The van der Waals surface area contributed by atoms with E-state index in [0.717, 1.165) is 10.5 Å². The van der Waals surface area contributed by atoms with E-state index >= 15 is 0 Å². The molecule has 3 aromatic carbocycles. The number of hydrogen-bond acceptors (Lipinski definition) is 6. The van der Waals surface area contributed by atoms with Crippen LogP contribution in [0.25, 0.3) is 0 Å². The summed E-state index contributed by atoms with van der Waals surface area (Å²) < 4.78 is 10.5. The second-order valence-corrected chi connectivity index (χ2v) is 7.92. The van der Waals surface area contributed by atoms with E-state index in [0.29, 0.717) is 23.5 Å². The van der Waals surface area contributed by atoms with Crippen LogP contribution in [-0.4, -0.2) is 31.9 Å². The number of imide groups is 1. The summed E-state index contributed by atoms with van der Waals surface area (Å²) >= 11 is 6.23. The summed E-state index contributed by atoms with van der Waals surface area (Å²) in [7, 11) is 2.92. The number of hydrogen-bond donors (Lipinski definition) is 2. The molecule has 1 aliphatic heterocycles. The molecule has 0 bridgehead atoms. The predicted molar refractivity (Wildman–Crippen MR) is 133 cm³/mol. The number of carbonyl (C=O) groups is 3. The highest BCUT2D eigenvalue weighted by Gasteiger charge is 2.40. The number of carbonyl (C=O) groups excluding carboxylic acids is 3. The molecule has 0 radical (unpaired) electrons. The fourth-order valence-electron chi connectivity index (χ4n) is 3.53. The van der Waals surface area contributed by atoms with Gasteiger partial charge in [0.25, 0.3) is 17.7 Å². The highest BCUT2D eigenvalue weighted by molar-refractivity contribution is 6.53. The minimum atomic E-state index is -0.681. The van der Waals surface area contributed by atoms with Crippen LogP contribution in [-0.2, 0) is 16.1 Å². The van der Waals surface area contributed by atoms with Crippen molar-refractivity contribution < 1.29 is 23.9 Å². The molecule has 35 heavy (non-hydrogen) atoms. The van der Waals surface area contributed by atoms with E-state index in [-0.39, 0.29) is 28.1 Å². The first kappa shape index (κ1) is 23.8. The molecule has 1 heterocycles. The first-order valence-corrected chi connectivity index (χ1v) is 11.0. The van der Waals surface area contributed by atoms with Gasteiger partial charge in [-0.2, -0.15) is 0 Å². The van der Waals surface area contributed by atoms with Crippen molar-refractivity contribution in [3.05, 3.63) is 94.7 Å². The van der Waals surface area contributed by atoms with Crippen LogP contribution in [0, 0.1) is 0 Å². The summed E-state index contributed by atoms with van der Waals surface area (Å²) in [6, 6.07) is 20.8. The number of anilines is 2. The van der Waals surface area contributed by atoms with Crippen LogP contribution in [0.15, 0.2) is 83.5 Å². The van der Waals surface area contributed by atoms with Crippen LogP contribution in [0.4, 0.5) is 11.4 Å². The Morgan fingerprint density at radius 2 is 1.63 bits per heavy atom. The lowest BCUT2D eigenvalue weighted by Crippen LogP contribution is -2.32. The van der Waals surface area contributed by atoms with Gasteiger partial charge in [0.1, 0.15) is 22.2 Å². The molecule has 0 saturated carbocycles. The highest BCUT2D eigenvalue weighted by Crippen LogP contribution is 2.37. The Hall–Kier alpha value is -4.30. The van der Waals surface area contributed by atoms with Gasteiger partial charge in [-0.1, -0.05) is 41.9 Å². The average molecular weight is 492 g/mol. The third-order valence-corrected chi connectivity index (χ3v) is 5.72. The van der Waals surface area contributed by atoms with Crippen molar-refractivity contribution in [1.82, 2.24) is 5.32 Å². The van der Waals surface area contributed by atoms with Crippen LogP contribution in [0.3, 0.4) is 0 Å². The molecule has 0 fully saturated rings. The van der Waals surface area contributed by atoms with E-state index in [2.05, 4.69) is 10.6 Å². The predicted octanol–water partition coefficient (Wildman–Crippen LogP) is 4.07.